The summed E-state index contributed by atoms with van der Waals surface area (Å²) in [7, 11) is 0. The third-order valence-electron chi connectivity index (χ3n) is 3.97. The Bertz CT molecular complexity index is 343. The fourth-order valence-electron chi connectivity index (χ4n) is 3.15. The van der Waals surface area contributed by atoms with Crippen LogP contribution in [0.15, 0.2) is 0 Å². The number of nitrogens with one attached hydrogen (secondary N) is 2. The molecular weight excluding hydrogens is 220 g/mol. The summed E-state index contributed by atoms with van der Waals surface area (Å²) in [6.45, 7) is 2.05. The van der Waals surface area contributed by atoms with Crippen LogP contribution in [-0.2, 0) is 9.59 Å². The lowest BCUT2D eigenvalue weighted by atomic mass is 9.63. The lowest BCUT2D eigenvalue weighted by molar-refractivity contribution is -0.151. The lowest BCUT2D eigenvalue weighted by Crippen LogP contribution is -2.65. The maximum Gasteiger partial charge on any atom is 0.328 e. The van der Waals surface area contributed by atoms with E-state index >= 15 is 0 Å². The summed E-state index contributed by atoms with van der Waals surface area (Å²) in [6.07, 6.45) is 5.18. The molecule has 2 rings (SSSR count). The van der Waals surface area contributed by atoms with Crippen LogP contribution in [0.5, 0.6) is 0 Å². The second-order valence-electron chi connectivity index (χ2n) is 4.94. The van der Waals surface area contributed by atoms with E-state index in [4.69, 9.17) is 0 Å². The van der Waals surface area contributed by atoms with E-state index in [1.54, 1.807) is 0 Å². The molecule has 0 bridgehead atoms. The van der Waals surface area contributed by atoms with E-state index in [1.807, 2.05) is 6.92 Å². The monoisotopic (exact) mass is 238 g/mol. The van der Waals surface area contributed by atoms with Crippen LogP contribution in [-0.4, -0.2) is 17.8 Å². The fourth-order valence-corrected chi connectivity index (χ4v) is 3.15. The zero-order chi connectivity index (χ0) is 12.5. The van der Waals surface area contributed by atoms with Gasteiger partial charge < -0.3 is 0 Å². The minimum atomic E-state index is -0.998. The molecule has 5 nitrogen and oxygen atoms in total. The molecule has 1 spiro atoms. The predicted octanol–water partition coefficient (Wildman–Crippen LogP) is 1.33. The van der Waals surface area contributed by atoms with Gasteiger partial charge in [-0.25, -0.2) is 4.79 Å². The van der Waals surface area contributed by atoms with Gasteiger partial charge in [-0.3, -0.25) is 20.2 Å². The van der Waals surface area contributed by atoms with Gasteiger partial charge in [0.15, 0.2) is 0 Å². The maximum absolute atomic E-state index is 12.1. The summed E-state index contributed by atoms with van der Waals surface area (Å²) in [5.41, 5.74) is -0.998. The highest BCUT2D eigenvalue weighted by atomic mass is 16.2. The normalized spacial score (nSPS) is 27.8. The van der Waals surface area contributed by atoms with Crippen molar-refractivity contribution in [3.8, 4) is 0 Å². The van der Waals surface area contributed by atoms with Crippen molar-refractivity contribution < 1.29 is 14.4 Å². The molecule has 2 fully saturated rings. The van der Waals surface area contributed by atoms with Gasteiger partial charge in [-0.05, 0) is 25.2 Å². The fraction of sp³-hybridized carbons (Fsp3) is 0.750. The van der Waals surface area contributed by atoms with Crippen molar-refractivity contribution in [1.29, 1.82) is 0 Å². The van der Waals surface area contributed by atoms with Gasteiger partial charge in [0.25, 0.3) is 0 Å². The zero-order valence-electron chi connectivity index (χ0n) is 10.0. The number of barbiturate groups is 1. The molecule has 2 aliphatic rings. The molecule has 0 aromatic heterocycles. The summed E-state index contributed by atoms with van der Waals surface area (Å²) in [4.78, 5) is 35.3. The Morgan fingerprint density at radius 3 is 2.41 bits per heavy atom. The molecule has 0 aromatic rings. The van der Waals surface area contributed by atoms with Crippen LogP contribution >= 0.6 is 0 Å². The SMILES string of the molecule is CCC[C@@H]1CCCCC12C(=O)NC(=O)NC2=O. The number of imide groups is 2. The van der Waals surface area contributed by atoms with E-state index < -0.39 is 23.3 Å². The van der Waals surface area contributed by atoms with Gasteiger partial charge >= 0.3 is 6.03 Å². The molecule has 1 saturated heterocycles. The standard InChI is InChI=1S/C12H18N2O3/c1-2-5-8-6-3-4-7-12(8)9(15)13-11(17)14-10(12)16/h8H,2-7H2,1H3,(H2,13,14,15,16,17)/t8-/m1/s1. The highest BCUT2D eigenvalue weighted by Crippen LogP contribution is 2.45. The third-order valence-corrected chi connectivity index (χ3v) is 3.97. The molecule has 0 aromatic carbocycles. The van der Waals surface area contributed by atoms with E-state index in [0.29, 0.717) is 6.42 Å². The van der Waals surface area contributed by atoms with Crippen molar-refractivity contribution in [1.82, 2.24) is 10.6 Å². The van der Waals surface area contributed by atoms with Crippen molar-refractivity contribution in [2.45, 2.75) is 45.4 Å². The highest BCUT2D eigenvalue weighted by Gasteiger charge is 2.55. The average molecular weight is 238 g/mol. The number of urea groups is 1. The Morgan fingerprint density at radius 2 is 1.82 bits per heavy atom. The minimum Gasteiger partial charge on any atom is -0.277 e. The zero-order valence-corrected chi connectivity index (χ0v) is 10.0. The average Bonchev–Trinajstić information content (AvgIpc) is 2.28. The van der Waals surface area contributed by atoms with Crippen LogP contribution in [0.1, 0.15) is 45.4 Å². The number of carbonyl (C=O) groups is 3. The summed E-state index contributed by atoms with van der Waals surface area (Å²) < 4.78 is 0. The first-order chi connectivity index (χ1) is 8.11. The number of carbonyl (C=O) groups excluding carboxylic acids is 3. The Labute approximate surface area is 100 Å². The lowest BCUT2D eigenvalue weighted by Gasteiger charge is -2.43. The molecule has 0 radical (unpaired) electrons. The van der Waals surface area contributed by atoms with Gasteiger partial charge in [0.1, 0.15) is 5.41 Å². The van der Waals surface area contributed by atoms with Crippen LogP contribution in [0.4, 0.5) is 4.79 Å². The first kappa shape index (κ1) is 12.1. The number of hydrogen-bond acceptors (Lipinski definition) is 3. The Morgan fingerprint density at radius 1 is 1.18 bits per heavy atom. The van der Waals surface area contributed by atoms with Gasteiger partial charge in [0.2, 0.25) is 11.8 Å². The van der Waals surface area contributed by atoms with E-state index in [0.717, 1.165) is 32.1 Å². The van der Waals surface area contributed by atoms with Gasteiger partial charge in [0.05, 0.1) is 0 Å². The Kier molecular flexibility index (Phi) is 3.17. The van der Waals surface area contributed by atoms with E-state index in [2.05, 4.69) is 10.6 Å². The van der Waals surface area contributed by atoms with Crippen LogP contribution in [0.3, 0.4) is 0 Å². The molecule has 1 aliphatic heterocycles. The number of rotatable bonds is 2. The largest absolute Gasteiger partial charge is 0.328 e. The van der Waals surface area contributed by atoms with E-state index in [1.165, 1.54) is 0 Å². The molecular formula is C12H18N2O3. The smallest absolute Gasteiger partial charge is 0.277 e. The van der Waals surface area contributed by atoms with Crippen LogP contribution in [0.25, 0.3) is 0 Å². The first-order valence-electron chi connectivity index (χ1n) is 6.28. The topological polar surface area (TPSA) is 75.3 Å². The van der Waals surface area contributed by atoms with Gasteiger partial charge in [-0.15, -0.1) is 0 Å². The maximum atomic E-state index is 12.1. The van der Waals surface area contributed by atoms with Crippen LogP contribution in [0, 0.1) is 11.3 Å². The van der Waals surface area contributed by atoms with Crippen LogP contribution in [0.2, 0.25) is 0 Å². The summed E-state index contributed by atoms with van der Waals surface area (Å²) in [6, 6.07) is -0.688. The first-order valence-corrected chi connectivity index (χ1v) is 6.28. The van der Waals surface area contributed by atoms with Gasteiger partial charge in [-0.2, -0.15) is 0 Å². The summed E-state index contributed by atoms with van der Waals surface area (Å²) in [5.74, 6) is -0.733. The minimum absolute atomic E-state index is 0.0642. The molecule has 4 amide bonds. The quantitative estimate of drug-likeness (QED) is 0.713. The molecule has 1 heterocycles. The van der Waals surface area contributed by atoms with Crippen molar-refractivity contribution in [3.05, 3.63) is 0 Å². The van der Waals surface area contributed by atoms with E-state index in [-0.39, 0.29) is 5.92 Å². The number of hydrogen-bond donors (Lipinski definition) is 2. The molecule has 2 N–H and O–H groups in total. The highest BCUT2D eigenvalue weighted by molar-refractivity contribution is 6.19. The van der Waals surface area contributed by atoms with Crippen molar-refractivity contribution in [3.63, 3.8) is 0 Å². The van der Waals surface area contributed by atoms with Gasteiger partial charge in [-0.1, -0.05) is 26.2 Å². The Balaban J connectivity index is 2.32. The second-order valence-corrected chi connectivity index (χ2v) is 4.94. The van der Waals surface area contributed by atoms with Crippen molar-refractivity contribution in [2.24, 2.45) is 11.3 Å². The summed E-state index contributed by atoms with van der Waals surface area (Å²) in [5, 5.41) is 4.50. The number of amides is 4. The molecule has 1 aliphatic carbocycles. The molecule has 0 unspecified atom stereocenters. The molecule has 17 heavy (non-hydrogen) atoms. The Hall–Kier alpha value is -1.39. The molecule has 94 valence electrons. The third kappa shape index (κ3) is 1.83. The van der Waals surface area contributed by atoms with Crippen molar-refractivity contribution >= 4 is 17.8 Å². The van der Waals surface area contributed by atoms with E-state index in [9.17, 15) is 14.4 Å². The second kappa shape index (κ2) is 4.47. The van der Waals surface area contributed by atoms with Gasteiger partial charge in [0, 0.05) is 0 Å². The molecule has 5 heteroatoms. The molecule has 1 atom stereocenters. The van der Waals surface area contributed by atoms with Crippen molar-refractivity contribution in [2.75, 3.05) is 0 Å². The summed E-state index contributed by atoms with van der Waals surface area (Å²) >= 11 is 0. The van der Waals surface area contributed by atoms with Crippen LogP contribution < -0.4 is 10.6 Å². The molecule has 1 saturated carbocycles. The predicted molar refractivity (Wildman–Crippen MR) is 61.0 cm³/mol.